The zero-order valence-electron chi connectivity index (χ0n) is 40.5. The fourth-order valence-corrected chi connectivity index (χ4v) is 12.4. The first kappa shape index (κ1) is 40.3. The van der Waals surface area contributed by atoms with Crippen LogP contribution in [0.2, 0.25) is 0 Å². The van der Waals surface area contributed by atoms with Gasteiger partial charge in [-0.3, -0.25) is 0 Å². The van der Waals surface area contributed by atoms with Crippen molar-refractivity contribution in [3.05, 3.63) is 254 Å². The number of benzene rings is 11. The summed E-state index contributed by atoms with van der Waals surface area (Å²) in [5.41, 5.74) is 15.4. The second-order valence-corrected chi connectivity index (χ2v) is 19.4. The number of hydrogen-bond acceptors (Lipinski definition) is 0. The van der Waals surface area contributed by atoms with Gasteiger partial charge in [-0.25, -0.2) is 0 Å². The second-order valence-electron chi connectivity index (χ2n) is 19.4. The van der Waals surface area contributed by atoms with Crippen molar-refractivity contribution < 1.29 is 1.37 Å². The first-order valence-electron chi connectivity index (χ1n) is 25.8. The Morgan fingerprint density at radius 2 is 0.606 bits per heavy atom. The summed E-state index contributed by atoms with van der Waals surface area (Å²) in [7, 11) is 0. The van der Waals surface area contributed by atoms with E-state index in [-0.39, 0.29) is 0 Å². The van der Waals surface area contributed by atoms with Gasteiger partial charge in [0.05, 0.1) is 0 Å². The Morgan fingerprint density at radius 1 is 0.239 bits per heavy atom. The highest BCUT2D eigenvalue weighted by Gasteiger charge is 2.25. The Bertz CT molecular complexity index is 4260. The van der Waals surface area contributed by atoms with Gasteiger partial charge < -0.3 is 0 Å². The highest BCUT2D eigenvalue weighted by molar-refractivity contribution is 6.32. The van der Waals surface area contributed by atoms with Crippen molar-refractivity contribution in [3.63, 3.8) is 0 Å². The fraction of sp³-hybridized carbons (Fsp3) is 0.0704. The second kappa shape index (κ2) is 17.1. The molecule has 0 nitrogen and oxygen atoms in total. The average molecular weight is 904 g/mol. The molecule has 0 aliphatic heterocycles. The highest BCUT2D eigenvalue weighted by Crippen LogP contribution is 2.51. The van der Waals surface area contributed by atoms with Crippen LogP contribution < -0.4 is 0 Å². The number of fused-ring (bicyclic) bond motifs is 10. The van der Waals surface area contributed by atoms with Crippen molar-refractivity contribution >= 4 is 64.6 Å². The average Bonchev–Trinajstić information content (AvgIpc) is 3.91. The largest absolute Gasteiger partial charge is 0.0622 e. The molecule has 14 rings (SSSR count). The molecule has 0 heterocycles. The van der Waals surface area contributed by atoms with Gasteiger partial charge in [-0.05, 0) is 168 Å². The van der Waals surface area contributed by atoms with Crippen LogP contribution in [-0.4, -0.2) is 0 Å². The lowest BCUT2D eigenvalue weighted by molar-refractivity contribution is 0.725. The van der Waals surface area contributed by atoms with E-state index in [1.165, 1.54) is 115 Å². The maximum atomic E-state index is 10.2. The lowest BCUT2D eigenvalue weighted by Crippen LogP contribution is -1.99. The van der Waals surface area contributed by atoms with Crippen molar-refractivity contribution in [1.29, 1.82) is 0 Å². The molecular formula is C71H50. The van der Waals surface area contributed by atoms with Gasteiger partial charge in [-0.15, -0.1) is 0 Å². The predicted molar refractivity (Wildman–Crippen MR) is 305 cm³/mol. The number of hydrogen-bond donors (Lipinski definition) is 0. The summed E-state index contributed by atoms with van der Waals surface area (Å²) in [6, 6.07) is 92.4. The third kappa shape index (κ3) is 6.81. The van der Waals surface area contributed by atoms with Crippen molar-refractivity contribution in [2.75, 3.05) is 0 Å². The molecule has 1 saturated carbocycles. The van der Waals surface area contributed by atoms with E-state index in [2.05, 4.69) is 249 Å². The van der Waals surface area contributed by atoms with Gasteiger partial charge in [0.1, 0.15) is 0 Å². The number of rotatable bonds is 6. The molecule has 0 aromatic heterocycles. The maximum absolute atomic E-state index is 10.2. The standard InChI is InChI=1S/C71H50/c1-4-20-47(21-5-1)53-42-43-54(48-22-6-2-7-23-48)69(68(53)49-26-8-3-9-27-49)51-39-40-52(46-24-10-11-25-46)66(45-51)50-38-41-61-65-37-19-35-63-58-31-15-13-29-56(58)55-28-12-14-30-57(55)62-34-18-36-64(70(62)71(63)65)59-32-16-17-33-60(59)67(61)44-50/h1-9,12-23,26-46H,10-11,24-25H2/i46D. The first-order valence-corrected chi connectivity index (χ1v) is 25.3. The van der Waals surface area contributed by atoms with Crippen LogP contribution in [0.25, 0.3) is 131 Å². The summed E-state index contributed by atoms with van der Waals surface area (Å²) >= 11 is 0. The summed E-state index contributed by atoms with van der Waals surface area (Å²) in [6.45, 7) is 0. The van der Waals surface area contributed by atoms with E-state index in [0.717, 1.165) is 47.9 Å². The van der Waals surface area contributed by atoms with Gasteiger partial charge in [-0.2, -0.15) is 0 Å². The van der Waals surface area contributed by atoms with Crippen LogP contribution in [0.5, 0.6) is 0 Å². The topological polar surface area (TPSA) is 0 Å². The Kier molecular flexibility index (Phi) is 9.73. The lowest BCUT2D eigenvalue weighted by Gasteiger charge is -2.23. The molecule has 334 valence electrons. The smallest absolute Gasteiger partial charge is 0.0352 e. The molecule has 11 aromatic rings. The zero-order valence-corrected chi connectivity index (χ0v) is 39.5. The SMILES string of the molecule is [2H]C1(c2ccc(-c3c(-c4ccccc4)ccc(-c4ccccc4)c3-c3ccccc3)cc2-c2ccc3c4cccc5c4-c4c(cccc4c4ccccc4c3c2)c2ccccc2c2ccccc52)CCCC1. The van der Waals surface area contributed by atoms with E-state index >= 15 is 0 Å². The molecule has 3 aliphatic rings. The van der Waals surface area contributed by atoms with Crippen molar-refractivity contribution in [3.8, 4) is 66.8 Å². The Balaban J connectivity index is 1.12. The van der Waals surface area contributed by atoms with E-state index in [1.807, 2.05) is 0 Å². The van der Waals surface area contributed by atoms with Gasteiger partial charge in [0.25, 0.3) is 0 Å². The van der Waals surface area contributed by atoms with Gasteiger partial charge in [0, 0.05) is 1.37 Å². The van der Waals surface area contributed by atoms with Gasteiger partial charge in [0.2, 0.25) is 0 Å². The van der Waals surface area contributed by atoms with Crippen LogP contribution >= 0.6 is 0 Å². The normalized spacial score (nSPS) is 13.7. The predicted octanol–water partition coefficient (Wildman–Crippen LogP) is 20.3. The molecule has 11 aromatic carbocycles. The van der Waals surface area contributed by atoms with Gasteiger partial charge >= 0.3 is 0 Å². The first-order chi connectivity index (χ1) is 35.6. The molecule has 0 amide bonds. The van der Waals surface area contributed by atoms with E-state index < -0.39 is 5.89 Å². The van der Waals surface area contributed by atoms with Crippen LogP contribution in [0.4, 0.5) is 0 Å². The van der Waals surface area contributed by atoms with Gasteiger partial charge in [-0.1, -0.05) is 249 Å². The summed E-state index contributed by atoms with van der Waals surface area (Å²) in [5, 5.41) is 14.8. The quantitative estimate of drug-likeness (QED) is 0.156. The molecule has 0 unspecified atom stereocenters. The summed E-state index contributed by atoms with van der Waals surface area (Å²) in [6.07, 6.45) is 3.82. The molecule has 0 saturated heterocycles. The molecule has 0 spiro atoms. The summed E-state index contributed by atoms with van der Waals surface area (Å²) in [4.78, 5) is 0. The summed E-state index contributed by atoms with van der Waals surface area (Å²) in [5.74, 6) is -0.694. The molecule has 0 atom stereocenters. The van der Waals surface area contributed by atoms with Crippen LogP contribution in [0.15, 0.2) is 249 Å². The summed E-state index contributed by atoms with van der Waals surface area (Å²) < 4.78 is 10.2. The minimum Gasteiger partial charge on any atom is -0.0622 e. The van der Waals surface area contributed by atoms with Crippen molar-refractivity contribution in [1.82, 2.24) is 0 Å². The van der Waals surface area contributed by atoms with Gasteiger partial charge in [0.15, 0.2) is 0 Å². The molecular weight excluding hydrogens is 853 g/mol. The third-order valence-corrected chi connectivity index (χ3v) is 15.6. The molecule has 0 radical (unpaired) electrons. The Hall–Kier alpha value is -8.58. The minimum atomic E-state index is -0.694. The van der Waals surface area contributed by atoms with Crippen molar-refractivity contribution in [2.45, 2.75) is 31.6 Å². The van der Waals surface area contributed by atoms with Crippen LogP contribution in [0.3, 0.4) is 0 Å². The molecule has 0 heteroatoms. The Morgan fingerprint density at radius 3 is 1.08 bits per heavy atom. The molecule has 71 heavy (non-hydrogen) atoms. The Labute approximate surface area is 416 Å². The van der Waals surface area contributed by atoms with E-state index in [4.69, 9.17) is 0 Å². The lowest BCUT2D eigenvalue weighted by atomic mass is 9.80. The highest BCUT2D eigenvalue weighted by atomic mass is 14.3. The van der Waals surface area contributed by atoms with E-state index in [0.29, 0.717) is 0 Å². The fourth-order valence-electron chi connectivity index (χ4n) is 12.4. The van der Waals surface area contributed by atoms with Crippen LogP contribution in [0.1, 0.15) is 38.5 Å². The zero-order chi connectivity index (χ0) is 47.8. The van der Waals surface area contributed by atoms with Crippen LogP contribution in [0, 0.1) is 0 Å². The molecule has 0 N–H and O–H groups in total. The third-order valence-electron chi connectivity index (χ3n) is 15.6. The molecule has 3 aliphatic carbocycles. The molecule has 0 bridgehead atoms. The minimum absolute atomic E-state index is 0.694. The van der Waals surface area contributed by atoms with Crippen molar-refractivity contribution in [2.24, 2.45) is 0 Å². The molecule has 1 fully saturated rings. The van der Waals surface area contributed by atoms with E-state index in [9.17, 15) is 1.37 Å². The maximum Gasteiger partial charge on any atom is 0.0352 e. The monoisotopic (exact) mass is 903 g/mol. The van der Waals surface area contributed by atoms with E-state index in [1.54, 1.807) is 0 Å². The van der Waals surface area contributed by atoms with Crippen LogP contribution in [-0.2, 0) is 0 Å².